The molecule has 0 saturated carbocycles. The highest BCUT2D eigenvalue weighted by Gasteiger charge is 2.06. The molecule has 0 amide bonds. The van der Waals surface area contributed by atoms with Gasteiger partial charge in [0.1, 0.15) is 0 Å². The summed E-state index contributed by atoms with van der Waals surface area (Å²) in [5.74, 6) is 0. The van der Waals surface area contributed by atoms with Crippen molar-refractivity contribution >= 4 is 5.71 Å². The lowest BCUT2D eigenvalue weighted by Crippen LogP contribution is -2.32. The molecule has 2 nitrogen and oxygen atoms in total. The van der Waals surface area contributed by atoms with E-state index in [1.54, 1.807) is 0 Å². The zero-order valence-corrected chi connectivity index (χ0v) is 8.15. The Kier molecular flexibility index (Phi) is 3.30. The summed E-state index contributed by atoms with van der Waals surface area (Å²) in [5, 5.41) is 4.16. The molecule has 0 fully saturated rings. The highest BCUT2D eigenvalue weighted by atomic mass is 15.3. The maximum absolute atomic E-state index is 4.16. The van der Waals surface area contributed by atoms with Crippen LogP contribution < -0.4 is 5.43 Å². The molecular weight excluding hydrogens is 136 g/mol. The van der Waals surface area contributed by atoms with Crippen LogP contribution in [0.5, 0.6) is 0 Å². The number of hydrazone groups is 1. The van der Waals surface area contributed by atoms with Crippen LogP contribution in [0.4, 0.5) is 0 Å². The third-order valence-corrected chi connectivity index (χ3v) is 1.18. The normalized spacial score (nSPS) is 13.0. The molecule has 0 aromatic heterocycles. The molecule has 0 saturated heterocycles. The fourth-order valence-electron chi connectivity index (χ4n) is 0.347. The first-order valence-electron chi connectivity index (χ1n) is 3.80. The van der Waals surface area contributed by atoms with Crippen LogP contribution >= 0.6 is 0 Å². The average molecular weight is 154 g/mol. The number of nitrogens with zero attached hydrogens (tertiary/aromatic N) is 1. The molecule has 0 heterocycles. The van der Waals surface area contributed by atoms with E-state index in [0.717, 1.165) is 11.3 Å². The molecule has 0 atom stereocenters. The van der Waals surface area contributed by atoms with Crippen molar-refractivity contribution in [3.63, 3.8) is 0 Å². The van der Waals surface area contributed by atoms with Gasteiger partial charge < -0.3 is 5.43 Å². The van der Waals surface area contributed by atoms with E-state index in [-0.39, 0.29) is 5.54 Å². The second kappa shape index (κ2) is 3.56. The largest absolute Gasteiger partial charge is 0.305 e. The van der Waals surface area contributed by atoms with E-state index in [1.165, 1.54) is 0 Å². The summed E-state index contributed by atoms with van der Waals surface area (Å²) in [6, 6.07) is 0. The lowest BCUT2D eigenvalue weighted by atomic mass is 10.1. The molecule has 0 aliphatic carbocycles. The van der Waals surface area contributed by atoms with Gasteiger partial charge in [0.05, 0.1) is 5.71 Å². The predicted octanol–water partition coefficient (Wildman–Crippen LogP) is 2.33. The Balaban J connectivity index is 4.04. The molecule has 1 N–H and O–H groups in total. The van der Waals surface area contributed by atoms with Gasteiger partial charge in [-0.05, 0) is 40.2 Å². The van der Waals surface area contributed by atoms with Gasteiger partial charge >= 0.3 is 0 Å². The molecule has 0 unspecified atom stereocenters. The highest BCUT2D eigenvalue weighted by Crippen LogP contribution is 1.99. The molecule has 0 aliphatic rings. The van der Waals surface area contributed by atoms with Crippen molar-refractivity contribution in [2.45, 2.75) is 40.2 Å². The Morgan fingerprint density at radius 3 is 2.00 bits per heavy atom. The number of nitrogens with one attached hydrogen (secondary N) is 1. The molecule has 64 valence electrons. The van der Waals surface area contributed by atoms with Crippen molar-refractivity contribution in [3.8, 4) is 0 Å². The lowest BCUT2D eigenvalue weighted by Gasteiger charge is -2.18. The van der Waals surface area contributed by atoms with Crippen LogP contribution in [0.3, 0.4) is 0 Å². The van der Waals surface area contributed by atoms with Crippen LogP contribution in [0.15, 0.2) is 17.3 Å². The van der Waals surface area contributed by atoms with E-state index in [2.05, 4.69) is 37.9 Å². The van der Waals surface area contributed by atoms with Crippen LogP contribution in [-0.2, 0) is 0 Å². The third-order valence-electron chi connectivity index (χ3n) is 1.18. The van der Waals surface area contributed by atoms with E-state index in [1.807, 2.05) is 13.8 Å². The van der Waals surface area contributed by atoms with Crippen molar-refractivity contribution in [3.05, 3.63) is 12.2 Å². The summed E-state index contributed by atoms with van der Waals surface area (Å²) in [4.78, 5) is 0. The predicted molar refractivity (Wildman–Crippen MR) is 50.8 cm³/mol. The Hall–Kier alpha value is -0.790. The minimum absolute atomic E-state index is 0.0384. The minimum atomic E-state index is 0.0384. The number of hydrogen-bond acceptors (Lipinski definition) is 2. The van der Waals surface area contributed by atoms with Crippen LogP contribution in [0.2, 0.25) is 0 Å². The van der Waals surface area contributed by atoms with Gasteiger partial charge in [-0.3, -0.25) is 0 Å². The smallest absolute Gasteiger partial charge is 0.0595 e. The molecule has 2 heteroatoms. The van der Waals surface area contributed by atoms with Gasteiger partial charge in [-0.2, -0.15) is 5.10 Å². The first-order chi connectivity index (χ1) is 4.83. The maximum Gasteiger partial charge on any atom is 0.0595 e. The fraction of sp³-hybridized carbons (Fsp3) is 0.667. The van der Waals surface area contributed by atoms with Crippen molar-refractivity contribution in [1.82, 2.24) is 5.43 Å². The molecular formula is C9H18N2. The van der Waals surface area contributed by atoms with E-state index in [4.69, 9.17) is 0 Å². The summed E-state index contributed by atoms with van der Waals surface area (Å²) in [6.45, 7) is 13.9. The molecule has 0 aliphatic heterocycles. The lowest BCUT2D eigenvalue weighted by molar-refractivity contribution is 0.441. The summed E-state index contributed by atoms with van der Waals surface area (Å²) < 4.78 is 0. The highest BCUT2D eigenvalue weighted by molar-refractivity contribution is 5.96. The van der Waals surface area contributed by atoms with E-state index < -0.39 is 0 Å². The fourth-order valence-corrected chi connectivity index (χ4v) is 0.347. The van der Waals surface area contributed by atoms with E-state index in [0.29, 0.717) is 0 Å². The number of hydrogen-bond donors (Lipinski definition) is 1. The zero-order chi connectivity index (χ0) is 9.07. The summed E-state index contributed by atoms with van der Waals surface area (Å²) in [6.07, 6.45) is 0. The van der Waals surface area contributed by atoms with Crippen molar-refractivity contribution < 1.29 is 0 Å². The van der Waals surface area contributed by atoms with Crippen molar-refractivity contribution in [1.29, 1.82) is 0 Å². The van der Waals surface area contributed by atoms with Gasteiger partial charge in [0.25, 0.3) is 0 Å². The summed E-state index contributed by atoms with van der Waals surface area (Å²) in [7, 11) is 0. The van der Waals surface area contributed by atoms with Crippen molar-refractivity contribution in [2.24, 2.45) is 5.10 Å². The molecule has 0 aromatic rings. The van der Waals surface area contributed by atoms with Gasteiger partial charge in [0.15, 0.2) is 0 Å². The minimum Gasteiger partial charge on any atom is -0.305 e. The van der Waals surface area contributed by atoms with Gasteiger partial charge in [0.2, 0.25) is 0 Å². The number of allylic oxidation sites excluding steroid dienone is 1. The zero-order valence-electron chi connectivity index (χ0n) is 8.15. The van der Waals surface area contributed by atoms with Crippen LogP contribution in [0, 0.1) is 0 Å². The van der Waals surface area contributed by atoms with Gasteiger partial charge in [-0.25, -0.2) is 0 Å². The molecule has 0 rings (SSSR count). The standard InChI is InChI=1S/C9H18N2/c1-7(2)8(3)10-11-9(4,5)6/h11H,1H2,2-6H3/b10-8+. The molecule has 0 spiro atoms. The van der Waals surface area contributed by atoms with Crippen LogP contribution in [0.1, 0.15) is 34.6 Å². The third kappa shape index (κ3) is 5.64. The SMILES string of the molecule is C=C(C)/C(C)=N/NC(C)(C)C. The Bertz CT molecular complexity index is 172. The Morgan fingerprint density at radius 2 is 1.73 bits per heavy atom. The molecule has 0 aromatic carbocycles. The van der Waals surface area contributed by atoms with E-state index >= 15 is 0 Å². The molecule has 0 bridgehead atoms. The average Bonchev–Trinajstić information content (AvgIpc) is 1.80. The summed E-state index contributed by atoms with van der Waals surface area (Å²) >= 11 is 0. The van der Waals surface area contributed by atoms with Crippen LogP contribution in [0.25, 0.3) is 0 Å². The molecule has 0 radical (unpaired) electrons. The van der Waals surface area contributed by atoms with E-state index in [9.17, 15) is 0 Å². The topological polar surface area (TPSA) is 24.4 Å². The first-order valence-corrected chi connectivity index (χ1v) is 3.80. The van der Waals surface area contributed by atoms with Crippen molar-refractivity contribution in [2.75, 3.05) is 0 Å². The van der Waals surface area contributed by atoms with Gasteiger partial charge in [-0.1, -0.05) is 6.58 Å². The van der Waals surface area contributed by atoms with Crippen LogP contribution in [-0.4, -0.2) is 11.3 Å². The Morgan fingerprint density at radius 1 is 1.27 bits per heavy atom. The first kappa shape index (κ1) is 10.2. The summed E-state index contributed by atoms with van der Waals surface area (Å²) in [5.41, 5.74) is 5.03. The maximum atomic E-state index is 4.16. The Labute approximate surface area is 69.4 Å². The number of rotatable bonds is 2. The second-order valence-corrected chi connectivity index (χ2v) is 3.84. The second-order valence-electron chi connectivity index (χ2n) is 3.84. The van der Waals surface area contributed by atoms with Gasteiger partial charge in [0, 0.05) is 5.54 Å². The quantitative estimate of drug-likeness (QED) is 0.479. The monoisotopic (exact) mass is 154 g/mol. The molecule has 11 heavy (non-hydrogen) atoms. The van der Waals surface area contributed by atoms with Gasteiger partial charge in [-0.15, -0.1) is 0 Å².